The van der Waals surface area contributed by atoms with Crippen molar-refractivity contribution in [2.24, 2.45) is 0 Å². The molecule has 6 heteroatoms. The second-order valence-corrected chi connectivity index (χ2v) is 20.8. The largest absolute Gasteiger partial charge is 0.509 e. The summed E-state index contributed by atoms with van der Waals surface area (Å²) < 4.78 is 8.94. The van der Waals surface area contributed by atoms with Gasteiger partial charge in [-0.3, -0.25) is 0 Å². The minimum Gasteiger partial charge on any atom is -0.509 e. The Morgan fingerprint density at radius 3 is 1.88 bits per heavy atom. The predicted octanol–water partition coefficient (Wildman–Crippen LogP) is 15.2. The summed E-state index contributed by atoms with van der Waals surface area (Å²) >= 11 is 0. The van der Waals surface area contributed by atoms with E-state index < -0.39 is 0 Å². The van der Waals surface area contributed by atoms with E-state index in [1.54, 1.807) is 0 Å². The number of ether oxygens (including phenoxy) is 1. The van der Waals surface area contributed by atoms with Gasteiger partial charge in [0.1, 0.15) is 5.82 Å². The molecule has 5 nitrogen and oxygen atoms in total. The fourth-order valence-corrected chi connectivity index (χ4v) is 8.60. The number of benzene rings is 6. The second kappa shape index (κ2) is 17.1. The number of fused-ring (bicyclic) bond motifs is 3. The van der Waals surface area contributed by atoms with Gasteiger partial charge in [0.25, 0.3) is 0 Å². The molecule has 0 fully saturated rings. The van der Waals surface area contributed by atoms with Crippen LogP contribution in [0.25, 0.3) is 33.3 Å². The number of rotatable bonds is 8. The van der Waals surface area contributed by atoms with Gasteiger partial charge in [-0.25, -0.2) is 4.98 Å². The molecule has 0 saturated heterocycles. The topological polar surface area (TPSA) is 33.5 Å². The first-order chi connectivity index (χ1) is 30.3. The van der Waals surface area contributed by atoms with E-state index in [4.69, 9.17) is 9.72 Å². The number of nitrogens with zero attached hydrogens (tertiary/aromatic N) is 4. The van der Waals surface area contributed by atoms with Crippen molar-refractivity contribution in [3.63, 3.8) is 0 Å². The molecule has 2 aromatic heterocycles. The van der Waals surface area contributed by atoms with E-state index in [0.717, 1.165) is 44.9 Å². The minimum absolute atomic E-state index is 0. The van der Waals surface area contributed by atoms with Crippen molar-refractivity contribution in [1.29, 1.82) is 0 Å². The van der Waals surface area contributed by atoms with Gasteiger partial charge >= 0.3 is 0 Å². The maximum absolute atomic E-state index is 6.71. The summed E-state index contributed by atoms with van der Waals surface area (Å²) in [6.45, 7) is 27.2. The molecule has 0 bridgehead atoms. The summed E-state index contributed by atoms with van der Waals surface area (Å²) in [5, 5.41) is 2.27. The molecular formula is C59H59N4OPt-3. The Hall–Kier alpha value is -5.90. The Bertz CT molecular complexity index is 3030. The zero-order valence-corrected chi connectivity index (χ0v) is 41.8. The van der Waals surface area contributed by atoms with Gasteiger partial charge in [-0.2, -0.15) is 12.1 Å². The van der Waals surface area contributed by atoms with Crippen molar-refractivity contribution in [3.8, 4) is 17.3 Å². The van der Waals surface area contributed by atoms with Gasteiger partial charge in [0, 0.05) is 61.1 Å². The zero-order valence-electron chi connectivity index (χ0n) is 39.5. The van der Waals surface area contributed by atoms with E-state index in [0.29, 0.717) is 11.5 Å². The van der Waals surface area contributed by atoms with Crippen molar-refractivity contribution in [2.45, 2.75) is 97.8 Å². The van der Waals surface area contributed by atoms with E-state index in [-0.39, 0.29) is 42.7 Å². The molecule has 0 atom stereocenters. The molecule has 0 spiro atoms. The second-order valence-electron chi connectivity index (χ2n) is 20.8. The van der Waals surface area contributed by atoms with E-state index in [2.05, 4.69) is 237 Å². The number of hydrogen-bond donors (Lipinski definition) is 0. The third kappa shape index (κ3) is 9.05. The first kappa shape index (κ1) is 45.7. The van der Waals surface area contributed by atoms with Crippen LogP contribution in [0.2, 0.25) is 0 Å². The monoisotopic (exact) mass is 1030 g/mol. The molecule has 334 valence electrons. The molecular weight excluding hydrogens is 976 g/mol. The maximum Gasteiger partial charge on any atom is 0.135 e. The zero-order chi connectivity index (χ0) is 45.2. The van der Waals surface area contributed by atoms with Crippen LogP contribution in [0.4, 0.5) is 11.4 Å². The van der Waals surface area contributed by atoms with Crippen molar-refractivity contribution < 1.29 is 25.8 Å². The standard InChI is InChI=1S/C59H59N4O.Pt/c1-56(2,3)42-25-28-52-51(34-42)50-27-26-49(37-53(50)63(52)55-35-43(29-30-60-55)57(4,5)6)64-48-24-18-23-46(36-48)62-39-61(38-54(62)40-19-14-12-15-20-40)47-32-44(58(7,8)9)31-45(33-47)59(10,11)41-21-16-13-17-22-41;/h12-35,38-39H,1-11H3;/q-3;. The SMILES string of the molecule is CC(C)(C)c1cc(N2C=C(c3ccccc3)N(c3[c-]c(Oc4[c-]c5c(cc4)c4cc(C(C)(C)C)ccc4n5-c4cc(C(C)(C)C)ccn4)ccc3)[CH-]2)cc(C(C)(C)c2ccccc2)c1.[Pt]. The Balaban J connectivity index is 0.00000576. The predicted molar refractivity (Wildman–Crippen MR) is 268 cm³/mol. The summed E-state index contributed by atoms with van der Waals surface area (Å²) in [5.74, 6) is 2.06. The van der Waals surface area contributed by atoms with Gasteiger partial charge < -0.3 is 19.1 Å². The minimum atomic E-state index is -0.209. The summed E-state index contributed by atoms with van der Waals surface area (Å²) in [7, 11) is 0. The normalized spacial score (nSPS) is 13.6. The molecule has 1 aliphatic heterocycles. The third-order valence-corrected chi connectivity index (χ3v) is 12.7. The van der Waals surface area contributed by atoms with Crippen LogP contribution < -0.4 is 14.5 Å². The van der Waals surface area contributed by atoms with Crippen LogP contribution in [0, 0.1) is 18.8 Å². The summed E-state index contributed by atoms with van der Waals surface area (Å²) in [6.07, 6.45) is 4.14. The number of aromatic nitrogens is 2. The van der Waals surface area contributed by atoms with Crippen molar-refractivity contribution in [3.05, 3.63) is 204 Å². The summed E-state index contributed by atoms with van der Waals surface area (Å²) in [6, 6.07) is 57.1. The van der Waals surface area contributed by atoms with Gasteiger partial charge in [-0.05, 0) is 91.5 Å². The van der Waals surface area contributed by atoms with Crippen LogP contribution in [0.5, 0.6) is 11.5 Å². The molecule has 0 saturated carbocycles. The van der Waals surface area contributed by atoms with Crippen LogP contribution in [-0.2, 0) is 42.7 Å². The molecule has 6 aromatic carbocycles. The Kier molecular flexibility index (Phi) is 12.0. The van der Waals surface area contributed by atoms with Crippen LogP contribution in [0.3, 0.4) is 0 Å². The van der Waals surface area contributed by atoms with Gasteiger partial charge in [0.2, 0.25) is 0 Å². The van der Waals surface area contributed by atoms with E-state index in [1.165, 1.54) is 33.2 Å². The quantitative estimate of drug-likeness (QED) is 0.142. The fourth-order valence-electron chi connectivity index (χ4n) is 8.60. The number of pyridine rings is 1. The molecule has 3 heterocycles. The Morgan fingerprint density at radius 1 is 0.538 bits per heavy atom. The van der Waals surface area contributed by atoms with Crippen LogP contribution in [-0.4, -0.2) is 9.55 Å². The Morgan fingerprint density at radius 2 is 1.18 bits per heavy atom. The molecule has 8 aromatic rings. The van der Waals surface area contributed by atoms with Crippen molar-refractivity contribution in [2.75, 3.05) is 9.80 Å². The molecule has 0 unspecified atom stereocenters. The number of anilines is 2. The Labute approximate surface area is 401 Å². The molecule has 9 rings (SSSR count). The van der Waals surface area contributed by atoms with Crippen LogP contribution >= 0.6 is 0 Å². The van der Waals surface area contributed by atoms with Crippen molar-refractivity contribution >= 4 is 38.9 Å². The van der Waals surface area contributed by atoms with Crippen LogP contribution in [0.1, 0.15) is 110 Å². The summed E-state index contributed by atoms with van der Waals surface area (Å²) in [4.78, 5) is 9.38. The van der Waals surface area contributed by atoms with E-state index >= 15 is 0 Å². The molecule has 1 aliphatic rings. The molecule has 65 heavy (non-hydrogen) atoms. The number of hydrogen-bond acceptors (Lipinski definition) is 4. The average Bonchev–Trinajstić information content (AvgIpc) is 3.86. The molecule has 0 aliphatic carbocycles. The first-order valence-electron chi connectivity index (χ1n) is 22.4. The summed E-state index contributed by atoms with van der Waals surface area (Å²) in [5.41, 5.74) is 12.1. The molecule has 0 N–H and O–H groups in total. The van der Waals surface area contributed by atoms with Crippen molar-refractivity contribution in [1.82, 2.24) is 9.55 Å². The van der Waals surface area contributed by atoms with Gasteiger partial charge in [-0.15, -0.1) is 48.1 Å². The van der Waals surface area contributed by atoms with E-state index in [9.17, 15) is 0 Å². The van der Waals surface area contributed by atoms with E-state index in [1.807, 2.05) is 24.4 Å². The molecule has 0 radical (unpaired) electrons. The maximum atomic E-state index is 6.71. The fraction of sp³-hybridized carbons (Fsp3) is 0.254. The van der Waals surface area contributed by atoms with Gasteiger partial charge in [-0.1, -0.05) is 161 Å². The van der Waals surface area contributed by atoms with Gasteiger partial charge in [0.05, 0.1) is 0 Å². The van der Waals surface area contributed by atoms with Crippen LogP contribution in [0.15, 0.2) is 152 Å². The van der Waals surface area contributed by atoms with Gasteiger partial charge in [0.15, 0.2) is 0 Å². The average molecular weight is 1040 g/mol. The smallest absolute Gasteiger partial charge is 0.135 e. The third-order valence-electron chi connectivity index (χ3n) is 12.7. The molecule has 0 amide bonds. The first-order valence-corrected chi connectivity index (χ1v) is 22.4.